The second-order valence-electron chi connectivity index (χ2n) is 4.20. The Bertz CT molecular complexity index is 542. The Kier molecular flexibility index (Phi) is 5.05. The fourth-order valence-corrected chi connectivity index (χ4v) is 2.44. The van der Waals surface area contributed by atoms with Crippen LogP contribution in [0.5, 0.6) is 5.75 Å². The quantitative estimate of drug-likeness (QED) is 0.852. The molecule has 19 heavy (non-hydrogen) atoms. The van der Waals surface area contributed by atoms with Gasteiger partial charge in [0.25, 0.3) is 0 Å². The number of ether oxygens (including phenoxy) is 1. The van der Waals surface area contributed by atoms with Crippen LogP contribution in [0.1, 0.15) is 24.0 Å². The molecule has 0 radical (unpaired) electrons. The molecule has 0 atom stereocenters. The molecule has 2 aromatic rings. The zero-order valence-electron chi connectivity index (χ0n) is 11.1. The fourth-order valence-electron chi connectivity index (χ4n) is 1.65. The number of rotatable bonds is 6. The molecule has 0 aliphatic rings. The third-order valence-electron chi connectivity index (χ3n) is 2.53. The first-order valence-corrected chi connectivity index (χ1v) is 7.52. The van der Waals surface area contributed by atoms with Gasteiger partial charge in [-0.15, -0.1) is 11.3 Å². The molecule has 0 unspecified atom stereocenters. The third-order valence-corrected chi connectivity index (χ3v) is 3.59. The Balaban J connectivity index is 2.06. The first kappa shape index (κ1) is 14.2. The molecule has 5 heteroatoms. The van der Waals surface area contributed by atoms with Crippen LogP contribution < -0.4 is 10.1 Å². The van der Waals surface area contributed by atoms with Gasteiger partial charge in [-0.05, 0) is 31.5 Å². The maximum absolute atomic E-state index is 6.03. The molecule has 0 amide bonds. The van der Waals surface area contributed by atoms with E-state index in [0.717, 1.165) is 28.6 Å². The molecule has 0 fully saturated rings. The highest BCUT2D eigenvalue weighted by molar-refractivity contribution is 7.09. The van der Waals surface area contributed by atoms with Gasteiger partial charge >= 0.3 is 0 Å². The van der Waals surface area contributed by atoms with Crippen LogP contribution in [0.3, 0.4) is 0 Å². The van der Waals surface area contributed by atoms with E-state index in [2.05, 4.69) is 22.6 Å². The summed E-state index contributed by atoms with van der Waals surface area (Å²) in [5, 5.41) is 7.15. The molecular weight excluding hydrogens is 280 g/mol. The van der Waals surface area contributed by atoms with E-state index in [0.29, 0.717) is 18.2 Å². The smallest absolute Gasteiger partial charge is 0.142 e. The minimum atomic E-state index is 0.674. The van der Waals surface area contributed by atoms with Gasteiger partial charge < -0.3 is 10.1 Å². The fraction of sp³-hybridized carbons (Fsp3) is 0.357. The zero-order valence-corrected chi connectivity index (χ0v) is 12.6. The van der Waals surface area contributed by atoms with Crippen LogP contribution in [0.25, 0.3) is 0 Å². The van der Waals surface area contributed by atoms with E-state index in [-0.39, 0.29) is 0 Å². The number of nitrogens with zero attached hydrogens (tertiary/aromatic N) is 1. The molecule has 1 heterocycles. The molecule has 0 aliphatic carbocycles. The van der Waals surface area contributed by atoms with E-state index in [1.54, 1.807) is 11.3 Å². The van der Waals surface area contributed by atoms with Crippen molar-refractivity contribution in [3.05, 3.63) is 39.3 Å². The van der Waals surface area contributed by atoms with Crippen molar-refractivity contribution < 1.29 is 4.74 Å². The van der Waals surface area contributed by atoms with E-state index < -0.39 is 0 Å². The Labute approximate surface area is 122 Å². The molecule has 0 saturated carbocycles. The molecule has 1 aromatic carbocycles. The highest BCUT2D eigenvalue weighted by Gasteiger charge is 2.05. The Morgan fingerprint density at radius 3 is 2.95 bits per heavy atom. The lowest BCUT2D eigenvalue weighted by molar-refractivity contribution is 0.319. The SMILES string of the molecule is CCCOc1ccc(Cl)cc1NCc1csc(C)n1. The van der Waals surface area contributed by atoms with Crippen molar-refractivity contribution in [1.82, 2.24) is 4.98 Å². The number of benzene rings is 1. The van der Waals surface area contributed by atoms with E-state index in [9.17, 15) is 0 Å². The molecule has 2 rings (SSSR count). The average molecular weight is 297 g/mol. The van der Waals surface area contributed by atoms with Crippen molar-refractivity contribution in [3.8, 4) is 5.75 Å². The zero-order chi connectivity index (χ0) is 13.7. The van der Waals surface area contributed by atoms with Crippen LogP contribution in [0, 0.1) is 6.92 Å². The van der Waals surface area contributed by atoms with Crippen LogP contribution in [0.4, 0.5) is 5.69 Å². The molecule has 0 spiro atoms. The van der Waals surface area contributed by atoms with Gasteiger partial charge in [-0.3, -0.25) is 0 Å². The van der Waals surface area contributed by atoms with Gasteiger partial charge in [-0.25, -0.2) is 4.98 Å². The lowest BCUT2D eigenvalue weighted by atomic mass is 10.3. The lowest BCUT2D eigenvalue weighted by Crippen LogP contribution is -2.03. The predicted molar refractivity (Wildman–Crippen MR) is 81.4 cm³/mol. The number of nitrogens with one attached hydrogen (secondary N) is 1. The van der Waals surface area contributed by atoms with E-state index in [1.165, 1.54) is 0 Å². The van der Waals surface area contributed by atoms with Crippen molar-refractivity contribution in [2.24, 2.45) is 0 Å². The maximum atomic E-state index is 6.03. The molecule has 1 aromatic heterocycles. The Hall–Kier alpha value is -1.26. The molecule has 1 N–H and O–H groups in total. The summed E-state index contributed by atoms with van der Waals surface area (Å²) in [6.07, 6.45) is 0.980. The number of anilines is 1. The number of thiazole rings is 1. The van der Waals surface area contributed by atoms with Crippen LogP contribution >= 0.6 is 22.9 Å². The minimum Gasteiger partial charge on any atom is -0.491 e. The molecule has 3 nitrogen and oxygen atoms in total. The average Bonchev–Trinajstić information content (AvgIpc) is 2.81. The first-order valence-electron chi connectivity index (χ1n) is 6.26. The van der Waals surface area contributed by atoms with Crippen molar-refractivity contribution in [1.29, 1.82) is 0 Å². The number of halogens is 1. The topological polar surface area (TPSA) is 34.1 Å². The van der Waals surface area contributed by atoms with Gasteiger partial charge in [0.05, 0.1) is 29.5 Å². The summed E-state index contributed by atoms with van der Waals surface area (Å²) in [6, 6.07) is 5.61. The summed E-state index contributed by atoms with van der Waals surface area (Å²) in [5.41, 5.74) is 1.94. The Morgan fingerprint density at radius 1 is 1.42 bits per heavy atom. The third kappa shape index (κ3) is 4.11. The van der Waals surface area contributed by atoms with Crippen LogP contribution in [0.15, 0.2) is 23.6 Å². The molecule has 102 valence electrons. The number of hydrogen-bond acceptors (Lipinski definition) is 4. The van der Waals surface area contributed by atoms with Gasteiger partial charge in [0, 0.05) is 10.4 Å². The largest absolute Gasteiger partial charge is 0.491 e. The van der Waals surface area contributed by atoms with Gasteiger partial charge in [-0.1, -0.05) is 18.5 Å². The minimum absolute atomic E-state index is 0.674. The van der Waals surface area contributed by atoms with Crippen LogP contribution in [0.2, 0.25) is 5.02 Å². The highest BCUT2D eigenvalue weighted by Crippen LogP contribution is 2.28. The summed E-state index contributed by atoms with van der Waals surface area (Å²) in [4.78, 5) is 4.42. The number of aromatic nitrogens is 1. The second-order valence-corrected chi connectivity index (χ2v) is 5.70. The van der Waals surface area contributed by atoms with Gasteiger partial charge in [-0.2, -0.15) is 0 Å². The molecule has 0 saturated heterocycles. The van der Waals surface area contributed by atoms with Crippen molar-refractivity contribution in [2.75, 3.05) is 11.9 Å². The predicted octanol–water partition coefficient (Wildman–Crippen LogP) is 4.51. The summed E-state index contributed by atoms with van der Waals surface area (Å²) < 4.78 is 5.70. The molecular formula is C14H17ClN2OS. The lowest BCUT2D eigenvalue weighted by Gasteiger charge is -2.12. The van der Waals surface area contributed by atoms with Crippen molar-refractivity contribution in [2.45, 2.75) is 26.8 Å². The Morgan fingerprint density at radius 2 is 2.26 bits per heavy atom. The summed E-state index contributed by atoms with van der Waals surface area (Å²) in [6.45, 7) is 5.46. The van der Waals surface area contributed by atoms with Gasteiger partial charge in [0.2, 0.25) is 0 Å². The van der Waals surface area contributed by atoms with Crippen molar-refractivity contribution in [3.63, 3.8) is 0 Å². The maximum Gasteiger partial charge on any atom is 0.142 e. The van der Waals surface area contributed by atoms with E-state index in [1.807, 2.05) is 25.1 Å². The standard InChI is InChI=1S/C14H17ClN2OS/c1-3-6-18-14-5-4-11(15)7-13(14)16-8-12-9-19-10(2)17-12/h4-5,7,9,16H,3,6,8H2,1-2H3. The van der Waals surface area contributed by atoms with Crippen LogP contribution in [-0.2, 0) is 6.54 Å². The summed E-state index contributed by atoms with van der Waals surface area (Å²) in [7, 11) is 0. The normalized spacial score (nSPS) is 10.5. The number of aryl methyl sites for hydroxylation is 1. The van der Waals surface area contributed by atoms with Gasteiger partial charge in [0.1, 0.15) is 5.75 Å². The van der Waals surface area contributed by atoms with E-state index >= 15 is 0 Å². The van der Waals surface area contributed by atoms with Gasteiger partial charge in [0.15, 0.2) is 0 Å². The summed E-state index contributed by atoms with van der Waals surface area (Å²) in [5.74, 6) is 0.832. The molecule has 0 bridgehead atoms. The van der Waals surface area contributed by atoms with E-state index in [4.69, 9.17) is 16.3 Å². The summed E-state index contributed by atoms with van der Waals surface area (Å²) >= 11 is 7.68. The second kappa shape index (κ2) is 6.78. The van der Waals surface area contributed by atoms with Crippen molar-refractivity contribution >= 4 is 28.6 Å². The van der Waals surface area contributed by atoms with Crippen LogP contribution in [-0.4, -0.2) is 11.6 Å². The first-order chi connectivity index (χ1) is 9.19. The monoisotopic (exact) mass is 296 g/mol. The highest BCUT2D eigenvalue weighted by atomic mass is 35.5. The molecule has 0 aliphatic heterocycles. The number of hydrogen-bond donors (Lipinski definition) is 1.